The number of hydrogen-bond donors (Lipinski definition) is 6. The number of urea groups is 1. The van der Waals surface area contributed by atoms with Crippen molar-refractivity contribution in [1.29, 1.82) is 0 Å². The van der Waals surface area contributed by atoms with E-state index >= 15 is 0 Å². The van der Waals surface area contributed by atoms with Crippen LogP contribution >= 0.6 is 0 Å². The number of carboxylic acids is 3. The van der Waals surface area contributed by atoms with Crippen LogP contribution in [0, 0.1) is 0 Å². The van der Waals surface area contributed by atoms with Crippen LogP contribution < -0.4 is 16.4 Å². The summed E-state index contributed by atoms with van der Waals surface area (Å²) in [6.45, 7) is 0. The molecule has 0 aromatic rings. The number of rotatable bonds is 12. The molecular weight excluding hydrogens is 326 g/mol. The molecule has 2 atom stereocenters. The molecule has 0 radical (unpaired) electrons. The Labute approximate surface area is 137 Å². The van der Waals surface area contributed by atoms with Crippen molar-refractivity contribution in [3.8, 4) is 0 Å². The van der Waals surface area contributed by atoms with Gasteiger partial charge in [0.25, 0.3) is 0 Å². The number of unbranched alkanes of at least 4 members (excludes halogenated alkanes) is 1. The summed E-state index contributed by atoms with van der Waals surface area (Å²) in [7, 11) is 0. The Bertz CT molecular complexity index is 494. The molecule has 0 spiro atoms. The molecule has 0 aliphatic heterocycles. The van der Waals surface area contributed by atoms with Gasteiger partial charge in [-0.05, 0) is 19.3 Å². The highest BCUT2D eigenvalue weighted by atomic mass is 16.4. The molecule has 1 unspecified atom stereocenters. The minimum Gasteiger partial charge on any atom is -0.481 e. The zero-order valence-corrected chi connectivity index (χ0v) is 12.9. The van der Waals surface area contributed by atoms with E-state index in [1.54, 1.807) is 0 Å². The third-order valence-electron chi connectivity index (χ3n) is 3.02. The van der Waals surface area contributed by atoms with Crippen molar-refractivity contribution in [3.05, 3.63) is 0 Å². The normalized spacial score (nSPS) is 12.7. The summed E-state index contributed by atoms with van der Waals surface area (Å²) in [5.41, 5.74) is 4.95. The molecule has 0 saturated carbocycles. The Hall–Kier alpha value is -2.85. The summed E-state index contributed by atoms with van der Waals surface area (Å²) in [5.74, 6) is -4.49. The molecule has 0 aromatic carbocycles. The van der Waals surface area contributed by atoms with Crippen molar-refractivity contribution in [2.75, 3.05) is 0 Å². The van der Waals surface area contributed by atoms with Crippen LogP contribution in [0.2, 0.25) is 0 Å². The van der Waals surface area contributed by atoms with Crippen molar-refractivity contribution in [2.24, 2.45) is 5.73 Å². The SMILES string of the molecule is NC(=O)CCCCC(NC(=O)N[C@@H](CCC(=O)O)C(=O)O)C(=O)O. The van der Waals surface area contributed by atoms with Gasteiger partial charge in [-0.25, -0.2) is 14.4 Å². The third-order valence-corrected chi connectivity index (χ3v) is 3.02. The molecule has 0 fully saturated rings. The summed E-state index contributed by atoms with van der Waals surface area (Å²) in [4.78, 5) is 54.7. The van der Waals surface area contributed by atoms with E-state index in [0.29, 0.717) is 12.8 Å². The summed E-state index contributed by atoms with van der Waals surface area (Å²) >= 11 is 0. The number of amides is 3. The Morgan fingerprint density at radius 3 is 1.71 bits per heavy atom. The van der Waals surface area contributed by atoms with E-state index in [1.165, 1.54) is 0 Å². The minimum absolute atomic E-state index is 0.0307. The maximum Gasteiger partial charge on any atom is 0.326 e. The molecule has 0 aliphatic carbocycles. The number of nitrogens with two attached hydrogens (primary N) is 1. The molecule has 7 N–H and O–H groups in total. The maximum absolute atomic E-state index is 11.7. The van der Waals surface area contributed by atoms with Crippen LogP contribution in [0.4, 0.5) is 4.79 Å². The number of aliphatic carboxylic acids is 3. The quantitative estimate of drug-likeness (QED) is 0.244. The summed E-state index contributed by atoms with van der Waals surface area (Å²) in [5, 5.41) is 30.6. The van der Waals surface area contributed by atoms with Gasteiger partial charge in [0, 0.05) is 12.8 Å². The predicted octanol–water partition coefficient (Wildman–Crippen LogP) is -0.897. The summed E-state index contributed by atoms with van der Waals surface area (Å²) in [6.07, 6.45) is -0.000790. The first kappa shape index (κ1) is 21.1. The molecule has 0 bridgehead atoms. The van der Waals surface area contributed by atoms with Crippen molar-refractivity contribution in [1.82, 2.24) is 10.6 Å². The first-order chi connectivity index (χ1) is 11.1. The Morgan fingerprint density at radius 1 is 0.792 bits per heavy atom. The van der Waals surface area contributed by atoms with E-state index in [9.17, 15) is 24.0 Å². The van der Waals surface area contributed by atoms with Crippen molar-refractivity contribution >= 4 is 29.8 Å². The second-order valence-electron chi connectivity index (χ2n) is 5.04. The number of hydrogen-bond acceptors (Lipinski definition) is 5. The number of primary amides is 1. The molecule has 0 aliphatic rings. The molecular formula is C13H21N3O8. The van der Waals surface area contributed by atoms with E-state index in [0.717, 1.165) is 0 Å². The Morgan fingerprint density at radius 2 is 1.29 bits per heavy atom. The van der Waals surface area contributed by atoms with E-state index in [2.05, 4.69) is 5.32 Å². The van der Waals surface area contributed by atoms with Crippen molar-refractivity contribution in [2.45, 2.75) is 50.6 Å². The average Bonchev–Trinajstić information content (AvgIpc) is 2.45. The van der Waals surface area contributed by atoms with Crippen LogP contribution in [-0.4, -0.2) is 57.2 Å². The predicted molar refractivity (Wildman–Crippen MR) is 79.0 cm³/mol. The average molecular weight is 347 g/mol. The van der Waals surface area contributed by atoms with E-state index in [-0.39, 0.29) is 19.3 Å². The fourth-order valence-electron chi connectivity index (χ4n) is 1.79. The zero-order chi connectivity index (χ0) is 18.7. The molecule has 0 rings (SSSR count). The van der Waals surface area contributed by atoms with Gasteiger partial charge in [-0.2, -0.15) is 0 Å². The Balaban J connectivity index is 4.47. The van der Waals surface area contributed by atoms with Crippen LogP contribution in [0.5, 0.6) is 0 Å². The van der Waals surface area contributed by atoms with Gasteiger partial charge in [-0.15, -0.1) is 0 Å². The van der Waals surface area contributed by atoms with Crippen molar-refractivity contribution in [3.63, 3.8) is 0 Å². The summed E-state index contributed by atoms with van der Waals surface area (Å²) in [6, 6.07) is -3.76. The number of carbonyl (C=O) groups excluding carboxylic acids is 2. The topological polar surface area (TPSA) is 196 Å². The highest BCUT2D eigenvalue weighted by Crippen LogP contribution is 2.05. The van der Waals surface area contributed by atoms with E-state index in [4.69, 9.17) is 21.1 Å². The molecule has 136 valence electrons. The summed E-state index contributed by atoms with van der Waals surface area (Å²) < 4.78 is 0. The number of nitrogens with one attached hydrogen (secondary N) is 2. The molecule has 0 aromatic heterocycles. The molecule has 11 heteroatoms. The lowest BCUT2D eigenvalue weighted by Crippen LogP contribution is -2.51. The molecule has 24 heavy (non-hydrogen) atoms. The third kappa shape index (κ3) is 9.97. The number of carboxylic acid groups (broad SMARTS) is 3. The Kier molecular flexibility index (Phi) is 9.52. The first-order valence-electron chi connectivity index (χ1n) is 7.16. The van der Waals surface area contributed by atoms with Gasteiger partial charge in [0.05, 0.1) is 0 Å². The van der Waals surface area contributed by atoms with Crippen molar-refractivity contribution < 1.29 is 39.3 Å². The van der Waals surface area contributed by atoms with Gasteiger partial charge >= 0.3 is 23.9 Å². The lowest BCUT2D eigenvalue weighted by Gasteiger charge is -2.18. The monoisotopic (exact) mass is 347 g/mol. The highest BCUT2D eigenvalue weighted by molar-refractivity contribution is 5.86. The van der Waals surface area contributed by atoms with Gasteiger partial charge in [-0.1, -0.05) is 6.42 Å². The standard InChI is InChI=1S/C13H21N3O8/c14-9(17)4-2-1-3-7(11(20)21)15-13(24)16-8(12(22)23)5-6-10(18)19/h7-8H,1-6H2,(H2,14,17)(H,18,19)(H,20,21)(H,22,23)(H2,15,16,24)/t7?,8-/m0/s1. The largest absolute Gasteiger partial charge is 0.481 e. The smallest absolute Gasteiger partial charge is 0.326 e. The van der Waals surface area contributed by atoms with E-state index in [1.807, 2.05) is 5.32 Å². The molecule has 3 amide bonds. The second kappa shape index (κ2) is 10.8. The van der Waals surface area contributed by atoms with Crippen LogP contribution in [0.3, 0.4) is 0 Å². The van der Waals surface area contributed by atoms with Crippen LogP contribution in [0.1, 0.15) is 38.5 Å². The zero-order valence-electron chi connectivity index (χ0n) is 12.9. The lowest BCUT2D eigenvalue weighted by atomic mass is 10.1. The van der Waals surface area contributed by atoms with E-state index < -0.39 is 48.4 Å². The van der Waals surface area contributed by atoms with Gasteiger partial charge in [0.15, 0.2) is 0 Å². The highest BCUT2D eigenvalue weighted by Gasteiger charge is 2.24. The van der Waals surface area contributed by atoms with Gasteiger partial charge in [0.1, 0.15) is 12.1 Å². The van der Waals surface area contributed by atoms with Gasteiger partial charge in [-0.3, -0.25) is 9.59 Å². The lowest BCUT2D eigenvalue weighted by molar-refractivity contribution is -0.141. The number of carbonyl (C=O) groups is 5. The molecule has 0 heterocycles. The van der Waals surface area contributed by atoms with Crippen LogP contribution in [-0.2, 0) is 19.2 Å². The maximum atomic E-state index is 11.7. The molecule has 0 saturated heterocycles. The fourth-order valence-corrected chi connectivity index (χ4v) is 1.79. The van der Waals surface area contributed by atoms with Gasteiger partial charge in [0.2, 0.25) is 5.91 Å². The molecule has 11 nitrogen and oxygen atoms in total. The first-order valence-corrected chi connectivity index (χ1v) is 7.16. The fraction of sp³-hybridized carbons (Fsp3) is 0.615. The van der Waals surface area contributed by atoms with Gasteiger partial charge < -0.3 is 31.7 Å². The second-order valence-corrected chi connectivity index (χ2v) is 5.04. The van der Waals surface area contributed by atoms with Crippen LogP contribution in [0.25, 0.3) is 0 Å². The van der Waals surface area contributed by atoms with Crippen LogP contribution in [0.15, 0.2) is 0 Å². The minimum atomic E-state index is -1.45.